The standard InChI is InChI=1S/C35H26N2O7/c1-43-27-16-14-21(19-28(27)44-2)30-31(32(38)22-9-7-10-23(18-22)37(41)42)36-26-13-6-3-8-20(26)15-17-29(36)35(30)33(39)24-11-4-5-12-25(24)34(35)40/h3-19,29-31H,1-2H3. The fraction of sp³-hybridized carbons (Fsp3) is 0.171. The minimum Gasteiger partial charge on any atom is -0.493 e. The second-order valence-electron chi connectivity index (χ2n) is 11.1. The van der Waals surface area contributed by atoms with E-state index in [0.29, 0.717) is 33.9 Å². The van der Waals surface area contributed by atoms with Gasteiger partial charge in [0.15, 0.2) is 28.8 Å². The maximum absolute atomic E-state index is 14.8. The van der Waals surface area contributed by atoms with Gasteiger partial charge in [0.25, 0.3) is 5.69 Å². The Hall–Kier alpha value is -5.57. The fourth-order valence-electron chi connectivity index (χ4n) is 7.28. The molecule has 2 aliphatic heterocycles. The molecule has 9 nitrogen and oxygen atoms in total. The molecule has 44 heavy (non-hydrogen) atoms. The van der Waals surface area contributed by atoms with Crippen LogP contribution in [0.15, 0.2) is 97.1 Å². The van der Waals surface area contributed by atoms with Gasteiger partial charge >= 0.3 is 0 Å². The minimum absolute atomic E-state index is 0.105. The predicted molar refractivity (Wildman–Crippen MR) is 163 cm³/mol. The molecule has 0 aromatic heterocycles. The third-order valence-corrected chi connectivity index (χ3v) is 9.09. The summed E-state index contributed by atoms with van der Waals surface area (Å²) in [4.78, 5) is 57.3. The van der Waals surface area contributed by atoms with Crippen LogP contribution in [0, 0.1) is 15.5 Å². The van der Waals surface area contributed by atoms with E-state index in [1.54, 1.807) is 42.5 Å². The molecule has 0 N–H and O–H groups in total. The molecule has 1 aliphatic carbocycles. The summed E-state index contributed by atoms with van der Waals surface area (Å²) in [7, 11) is 2.99. The largest absolute Gasteiger partial charge is 0.493 e. The number of para-hydroxylation sites is 1. The summed E-state index contributed by atoms with van der Waals surface area (Å²) in [5.74, 6) is -1.37. The van der Waals surface area contributed by atoms with E-state index in [2.05, 4.69) is 0 Å². The van der Waals surface area contributed by atoms with Gasteiger partial charge in [-0.25, -0.2) is 0 Å². The van der Waals surface area contributed by atoms with E-state index in [-0.39, 0.29) is 22.8 Å². The highest BCUT2D eigenvalue weighted by atomic mass is 16.6. The lowest BCUT2D eigenvalue weighted by Gasteiger charge is -2.37. The molecule has 4 aromatic rings. The highest BCUT2D eigenvalue weighted by molar-refractivity contribution is 6.32. The third-order valence-electron chi connectivity index (χ3n) is 9.09. The molecule has 218 valence electrons. The van der Waals surface area contributed by atoms with Crippen molar-refractivity contribution in [2.45, 2.75) is 18.0 Å². The molecule has 1 spiro atoms. The molecule has 0 bridgehead atoms. The third kappa shape index (κ3) is 3.62. The Morgan fingerprint density at radius 3 is 2.20 bits per heavy atom. The number of rotatable bonds is 6. The first-order valence-corrected chi connectivity index (χ1v) is 14.1. The van der Waals surface area contributed by atoms with Crippen molar-refractivity contribution in [2.24, 2.45) is 5.41 Å². The first kappa shape index (κ1) is 27.3. The van der Waals surface area contributed by atoms with Gasteiger partial charge in [-0.3, -0.25) is 24.5 Å². The zero-order chi connectivity index (χ0) is 30.7. The van der Waals surface area contributed by atoms with Crippen molar-refractivity contribution in [3.8, 4) is 11.5 Å². The maximum Gasteiger partial charge on any atom is 0.270 e. The van der Waals surface area contributed by atoms with Crippen molar-refractivity contribution in [1.82, 2.24) is 0 Å². The lowest BCUT2D eigenvalue weighted by Crippen LogP contribution is -2.48. The van der Waals surface area contributed by atoms with Gasteiger partial charge in [0.05, 0.1) is 25.2 Å². The maximum atomic E-state index is 14.8. The quantitative estimate of drug-likeness (QED) is 0.118. The number of nitro benzene ring substituents is 1. The van der Waals surface area contributed by atoms with Crippen molar-refractivity contribution in [2.75, 3.05) is 19.1 Å². The van der Waals surface area contributed by atoms with Gasteiger partial charge in [0.1, 0.15) is 11.5 Å². The van der Waals surface area contributed by atoms with E-state index in [4.69, 9.17) is 9.47 Å². The molecule has 0 radical (unpaired) electrons. The average molecular weight is 587 g/mol. The molecular weight excluding hydrogens is 560 g/mol. The topological polar surface area (TPSA) is 116 Å². The van der Waals surface area contributed by atoms with Gasteiger partial charge in [0, 0.05) is 40.4 Å². The Bertz CT molecular complexity index is 1890. The Balaban J connectivity index is 1.55. The number of hydrogen-bond donors (Lipinski definition) is 0. The zero-order valence-corrected chi connectivity index (χ0v) is 23.8. The summed E-state index contributed by atoms with van der Waals surface area (Å²) in [5.41, 5.74) is 0.796. The Kier molecular flexibility index (Phi) is 6.21. The SMILES string of the molecule is COc1ccc(C2C(C(=O)c3cccc([N+](=O)[O-])c3)N3c4ccccc4C=CC3C23C(=O)c2ccccc2C3=O)cc1OC. The summed E-state index contributed by atoms with van der Waals surface area (Å²) in [6, 6.07) is 23.0. The van der Waals surface area contributed by atoms with Crippen LogP contribution in [0.3, 0.4) is 0 Å². The van der Waals surface area contributed by atoms with E-state index in [1.807, 2.05) is 41.3 Å². The van der Waals surface area contributed by atoms with Gasteiger partial charge in [-0.1, -0.05) is 72.8 Å². The predicted octanol–water partition coefficient (Wildman–Crippen LogP) is 5.93. The molecule has 4 aromatic carbocycles. The molecule has 3 aliphatic rings. The van der Waals surface area contributed by atoms with E-state index >= 15 is 0 Å². The number of hydrogen-bond acceptors (Lipinski definition) is 8. The van der Waals surface area contributed by atoms with E-state index < -0.39 is 34.1 Å². The summed E-state index contributed by atoms with van der Waals surface area (Å²) >= 11 is 0. The molecule has 0 saturated carbocycles. The van der Waals surface area contributed by atoms with Gasteiger partial charge in [-0.05, 0) is 29.3 Å². The first-order valence-electron chi connectivity index (χ1n) is 14.1. The molecule has 2 heterocycles. The lowest BCUT2D eigenvalue weighted by atomic mass is 9.64. The van der Waals surface area contributed by atoms with Gasteiger partial charge in [0.2, 0.25) is 0 Å². The number of nitrogens with zero attached hydrogens (tertiary/aromatic N) is 2. The van der Waals surface area contributed by atoms with Crippen molar-refractivity contribution in [1.29, 1.82) is 0 Å². The smallest absolute Gasteiger partial charge is 0.270 e. The minimum atomic E-state index is -1.71. The highest BCUT2D eigenvalue weighted by Crippen LogP contribution is 2.61. The Labute approximate surface area is 252 Å². The van der Waals surface area contributed by atoms with E-state index in [0.717, 1.165) is 5.56 Å². The van der Waals surface area contributed by atoms with Crippen LogP contribution >= 0.6 is 0 Å². The number of nitro groups is 1. The summed E-state index contributed by atoms with van der Waals surface area (Å²) in [6.45, 7) is 0. The second kappa shape index (κ2) is 10.0. The van der Waals surface area contributed by atoms with E-state index in [9.17, 15) is 24.5 Å². The van der Waals surface area contributed by atoms with Crippen molar-refractivity contribution < 1.29 is 28.8 Å². The molecule has 3 unspecified atom stereocenters. The van der Waals surface area contributed by atoms with Crippen LogP contribution in [0.2, 0.25) is 0 Å². The van der Waals surface area contributed by atoms with Crippen molar-refractivity contribution >= 4 is 34.8 Å². The van der Waals surface area contributed by atoms with Crippen LogP contribution in [0.1, 0.15) is 48.1 Å². The van der Waals surface area contributed by atoms with Crippen LogP contribution in [0.25, 0.3) is 6.08 Å². The number of ketones is 3. The number of Topliss-reactive ketones (excluding diaryl/α,β-unsaturated/α-hetero) is 3. The summed E-state index contributed by atoms with van der Waals surface area (Å²) in [5, 5.41) is 11.7. The Morgan fingerprint density at radius 1 is 0.841 bits per heavy atom. The molecule has 9 heteroatoms. The number of carbonyl (C=O) groups is 3. The molecule has 3 atom stereocenters. The normalized spacial score (nSPS) is 20.7. The fourth-order valence-corrected chi connectivity index (χ4v) is 7.28. The monoisotopic (exact) mass is 586 g/mol. The van der Waals surface area contributed by atoms with Crippen molar-refractivity contribution in [3.05, 3.63) is 135 Å². The van der Waals surface area contributed by atoms with Crippen molar-refractivity contribution in [3.63, 3.8) is 0 Å². The summed E-state index contributed by atoms with van der Waals surface area (Å²) in [6.07, 6.45) is 3.71. The number of fused-ring (bicyclic) bond motifs is 5. The number of ether oxygens (including phenoxy) is 2. The molecule has 0 amide bonds. The molecular formula is C35H26N2O7. The van der Waals surface area contributed by atoms with Crippen LogP contribution < -0.4 is 14.4 Å². The zero-order valence-electron chi connectivity index (χ0n) is 23.8. The average Bonchev–Trinajstić information content (AvgIpc) is 3.50. The second-order valence-corrected chi connectivity index (χ2v) is 11.1. The summed E-state index contributed by atoms with van der Waals surface area (Å²) < 4.78 is 11.1. The Morgan fingerprint density at radius 2 is 1.52 bits per heavy atom. The molecule has 7 rings (SSSR count). The van der Waals surface area contributed by atoms with Gasteiger partial charge < -0.3 is 14.4 Å². The number of methoxy groups -OCH3 is 2. The van der Waals surface area contributed by atoms with Crippen LogP contribution in [-0.2, 0) is 0 Å². The van der Waals surface area contributed by atoms with E-state index in [1.165, 1.54) is 38.5 Å². The number of carbonyl (C=O) groups excluding carboxylic acids is 3. The first-order chi connectivity index (χ1) is 21.3. The lowest BCUT2D eigenvalue weighted by molar-refractivity contribution is -0.384. The van der Waals surface area contributed by atoms with Crippen LogP contribution in [0.5, 0.6) is 11.5 Å². The molecule has 1 saturated heterocycles. The number of anilines is 1. The number of non-ortho nitro benzene ring substituents is 1. The van der Waals surface area contributed by atoms with Crippen LogP contribution in [0.4, 0.5) is 11.4 Å². The van der Waals surface area contributed by atoms with Gasteiger partial charge in [-0.15, -0.1) is 0 Å². The molecule has 1 fully saturated rings. The number of benzene rings is 4. The highest BCUT2D eigenvalue weighted by Gasteiger charge is 2.71. The van der Waals surface area contributed by atoms with Crippen LogP contribution in [-0.4, -0.2) is 48.6 Å². The van der Waals surface area contributed by atoms with Gasteiger partial charge in [-0.2, -0.15) is 0 Å².